The summed E-state index contributed by atoms with van der Waals surface area (Å²) in [4.78, 5) is 17.7. The van der Waals surface area contributed by atoms with Crippen molar-refractivity contribution in [1.82, 2.24) is 9.97 Å². The normalized spacial score (nSPS) is 15.1. The van der Waals surface area contributed by atoms with E-state index in [2.05, 4.69) is 9.97 Å². The lowest BCUT2D eigenvalue weighted by Crippen LogP contribution is -1.92. The van der Waals surface area contributed by atoms with E-state index in [0.29, 0.717) is 0 Å². The third kappa shape index (κ3) is 1.02. The summed E-state index contributed by atoms with van der Waals surface area (Å²) in [6, 6.07) is 0. The first-order valence-corrected chi connectivity index (χ1v) is 3.22. The Balaban J connectivity index is 2.25. The van der Waals surface area contributed by atoms with Gasteiger partial charge >= 0.3 is 5.95 Å². The summed E-state index contributed by atoms with van der Waals surface area (Å²) in [5, 5.41) is 10.2. The first kappa shape index (κ1) is 6.14. The van der Waals surface area contributed by atoms with Crippen LogP contribution in [0.25, 0.3) is 0 Å². The second kappa shape index (κ2) is 1.94. The topological polar surface area (TPSA) is 74.8 Å². The van der Waals surface area contributed by atoms with Gasteiger partial charge < -0.3 is 15.0 Å². The number of nitrogens with zero attached hydrogens (tertiary/aromatic N) is 3. The minimum atomic E-state index is -0.535. The average molecular weight is 154 g/mol. The fraction of sp³-hybridized carbons (Fsp3) is 0.400. The highest BCUT2D eigenvalue weighted by molar-refractivity contribution is 5.45. The van der Waals surface area contributed by atoms with Gasteiger partial charge in [0.05, 0.1) is 0 Å². The van der Waals surface area contributed by atoms with Gasteiger partial charge in [-0.2, -0.15) is 0 Å². The lowest BCUT2D eigenvalue weighted by Gasteiger charge is -1.89. The molecule has 58 valence electrons. The van der Waals surface area contributed by atoms with Gasteiger partial charge in [-0.15, -0.1) is 0 Å². The Hall–Kier alpha value is -1.59. The van der Waals surface area contributed by atoms with Crippen LogP contribution in [-0.4, -0.2) is 28.0 Å². The fourth-order valence-corrected chi connectivity index (χ4v) is 0.846. The van der Waals surface area contributed by atoms with Crippen molar-refractivity contribution in [3.05, 3.63) is 16.3 Å². The molecule has 1 N–H and O–H groups in total. The predicted octanol–water partition coefficient (Wildman–Crippen LogP) is 0.138. The molecule has 0 saturated carbocycles. The zero-order valence-electron chi connectivity index (χ0n) is 5.65. The summed E-state index contributed by atoms with van der Waals surface area (Å²) < 4.78 is 0. The summed E-state index contributed by atoms with van der Waals surface area (Å²) in [6.45, 7) is 1.92. The van der Waals surface area contributed by atoms with Crippen LogP contribution in [0.5, 0.6) is 0 Å². The zero-order chi connectivity index (χ0) is 7.84. The quantitative estimate of drug-likeness (QED) is 0.373. The highest BCUT2D eigenvalue weighted by atomic mass is 16.6. The largest absolute Gasteiger partial charge is 0.433 e. The van der Waals surface area contributed by atoms with E-state index in [4.69, 9.17) is 0 Å². The lowest BCUT2D eigenvalue weighted by molar-refractivity contribution is -0.393. The maximum atomic E-state index is 10.2. The molecule has 2 heterocycles. The first-order valence-electron chi connectivity index (χ1n) is 3.22. The Morgan fingerprint density at radius 1 is 1.73 bits per heavy atom. The van der Waals surface area contributed by atoms with Crippen molar-refractivity contribution in [1.29, 1.82) is 0 Å². The van der Waals surface area contributed by atoms with Crippen LogP contribution in [-0.2, 0) is 0 Å². The van der Waals surface area contributed by atoms with Gasteiger partial charge in [-0.05, 0) is 4.92 Å². The highest BCUT2D eigenvalue weighted by Crippen LogP contribution is 2.19. The Morgan fingerprint density at radius 2 is 2.45 bits per heavy atom. The van der Waals surface area contributed by atoms with Crippen molar-refractivity contribution in [3.8, 4) is 0 Å². The Bertz CT molecular complexity index is 290. The molecule has 6 heteroatoms. The molecule has 0 atom stereocenters. The number of rotatable bonds is 2. The number of H-pyrrole nitrogens is 1. The molecule has 11 heavy (non-hydrogen) atoms. The molecule has 0 aromatic carbocycles. The molecular formula is C5H6N4O2. The number of hydrogen-bond acceptors (Lipinski definition) is 4. The van der Waals surface area contributed by atoms with Crippen molar-refractivity contribution >= 4 is 11.8 Å². The molecule has 0 unspecified atom stereocenters. The van der Waals surface area contributed by atoms with Crippen LogP contribution in [0.15, 0.2) is 6.20 Å². The second-order valence-electron chi connectivity index (χ2n) is 2.34. The molecular weight excluding hydrogens is 148 g/mol. The summed E-state index contributed by atoms with van der Waals surface area (Å²) in [5.41, 5.74) is 0. The van der Waals surface area contributed by atoms with Gasteiger partial charge in [-0.3, -0.25) is 0 Å². The van der Waals surface area contributed by atoms with Crippen molar-refractivity contribution < 1.29 is 4.92 Å². The van der Waals surface area contributed by atoms with E-state index in [0.717, 1.165) is 18.9 Å². The van der Waals surface area contributed by atoms with Gasteiger partial charge in [0, 0.05) is 13.1 Å². The molecule has 1 saturated heterocycles. The van der Waals surface area contributed by atoms with E-state index >= 15 is 0 Å². The van der Waals surface area contributed by atoms with Crippen molar-refractivity contribution in [2.24, 2.45) is 0 Å². The fourth-order valence-electron chi connectivity index (χ4n) is 0.846. The maximum Gasteiger partial charge on any atom is 0.433 e. The van der Waals surface area contributed by atoms with Crippen LogP contribution in [0.3, 0.4) is 0 Å². The first-order chi connectivity index (χ1) is 5.27. The third-order valence-electron chi connectivity index (χ3n) is 1.51. The van der Waals surface area contributed by atoms with Gasteiger partial charge in [0.2, 0.25) is 5.82 Å². The zero-order valence-corrected chi connectivity index (χ0v) is 5.65. The Labute approximate surface area is 62.0 Å². The van der Waals surface area contributed by atoms with Crippen LogP contribution in [0.2, 0.25) is 0 Å². The van der Waals surface area contributed by atoms with Crippen LogP contribution in [0.4, 0.5) is 11.8 Å². The van der Waals surface area contributed by atoms with Crippen molar-refractivity contribution in [3.63, 3.8) is 0 Å². The summed E-state index contributed by atoms with van der Waals surface area (Å²) in [5.74, 6) is 0.545. The Kier molecular flexibility index (Phi) is 1.09. The smallest absolute Gasteiger partial charge is 0.390 e. The van der Waals surface area contributed by atoms with Crippen molar-refractivity contribution in [2.75, 3.05) is 18.0 Å². The van der Waals surface area contributed by atoms with E-state index < -0.39 is 4.92 Å². The number of nitrogens with one attached hydrogen (secondary N) is 1. The minimum absolute atomic E-state index is 0.188. The minimum Gasteiger partial charge on any atom is -0.390 e. The van der Waals surface area contributed by atoms with Crippen LogP contribution < -0.4 is 4.90 Å². The molecule has 6 nitrogen and oxygen atoms in total. The molecule has 2 rings (SSSR count). The van der Waals surface area contributed by atoms with E-state index in [1.54, 1.807) is 0 Å². The lowest BCUT2D eigenvalue weighted by atomic mass is 10.8. The number of aromatic nitrogens is 2. The number of imidazole rings is 1. The van der Waals surface area contributed by atoms with Crippen LogP contribution in [0.1, 0.15) is 0 Å². The van der Waals surface area contributed by atoms with Gasteiger partial charge in [-0.1, -0.05) is 4.98 Å². The molecule has 1 aromatic rings. The maximum absolute atomic E-state index is 10.2. The van der Waals surface area contributed by atoms with E-state index in [9.17, 15) is 10.1 Å². The molecule has 0 radical (unpaired) electrons. The standard InChI is InChI=1S/C5H6N4O2/c10-9(11)5-6-3-4(7-5)8-1-2-8/h3H,1-2H2,(H,6,7). The number of anilines is 1. The number of nitro groups is 1. The van der Waals surface area contributed by atoms with Gasteiger partial charge in [0.15, 0.2) is 6.20 Å². The highest BCUT2D eigenvalue weighted by Gasteiger charge is 2.24. The summed E-state index contributed by atoms with van der Waals surface area (Å²) in [6.07, 6.45) is 1.48. The monoisotopic (exact) mass is 154 g/mol. The third-order valence-corrected chi connectivity index (χ3v) is 1.51. The van der Waals surface area contributed by atoms with Gasteiger partial charge in [-0.25, -0.2) is 4.98 Å². The SMILES string of the molecule is O=[N+]([O-])c1ncc(N2CC2)[nH]1. The van der Waals surface area contributed by atoms with Gasteiger partial charge in [0.1, 0.15) is 0 Å². The van der Waals surface area contributed by atoms with Crippen LogP contribution in [0, 0.1) is 10.1 Å². The molecule has 0 bridgehead atoms. The molecule has 1 aromatic heterocycles. The number of hydrogen-bond donors (Lipinski definition) is 1. The van der Waals surface area contributed by atoms with Gasteiger partial charge in [0.25, 0.3) is 0 Å². The van der Waals surface area contributed by atoms with E-state index in [1.807, 2.05) is 4.90 Å². The molecule has 1 aliphatic heterocycles. The average Bonchev–Trinajstić information content (AvgIpc) is 2.68. The molecule has 0 amide bonds. The second-order valence-corrected chi connectivity index (χ2v) is 2.34. The van der Waals surface area contributed by atoms with Crippen molar-refractivity contribution in [2.45, 2.75) is 0 Å². The van der Waals surface area contributed by atoms with E-state index in [1.165, 1.54) is 6.20 Å². The molecule has 0 spiro atoms. The van der Waals surface area contributed by atoms with E-state index in [-0.39, 0.29) is 5.95 Å². The summed E-state index contributed by atoms with van der Waals surface area (Å²) in [7, 11) is 0. The molecule has 1 fully saturated rings. The predicted molar refractivity (Wildman–Crippen MR) is 37.5 cm³/mol. The van der Waals surface area contributed by atoms with Crippen LogP contribution >= 0.6 is 0 Å². The molecule has 1 aliphatic rings. The number of aromatic amines is 1. The Morgan fingerprint density at radius 3 is 2.91 bits per heavy atom. The summed E-state index contributed by atoms with van der Waals surface area (Å²) >= 11 is 0. The molecule has 0 aliphatic carbocycles.